The number of hydrogen-bond acceptors (Lipinski definition) is 15. The van der Waals surface area contributed by atoms with E-state index < -0.39 is 98.5 Å². The second-order valence-corrected chi connectivity index (χ2v) is 20.0. The zero-order valence-electron chi connectivity index (χ0n) is 34.7. The standard InChI is InChI=1S/C42H74O15/c1-19(2)22(11-14-54-38-33(51)32(50)36(57-38)27(47)18-55-39-34(52)31(49)35(56-39)26(46)17-43)8-7-20(3)29-21(4)30(48)37-41(29,6)13-10-28-40(5)12-9-23(44)15-24(40)25(45)16-42(28,37)53/h19-39,43-53H,7-18H2,1-6H3. The van der Waals surface area contributed by atoms with Crippen molar-refractivity contribution in [2.75, 3.05) is 19.8 Å². The van der Waals surface area contributed by atoms with E-state index in [0.717, 1.165) is 32.1 Å². The fraction of sp³-hybridized carbons (Fsp3) is 1.00. The summed E-state index contributed by atoms with van der Waals surface area (Å²) in [5, 5.41) is 118. The van der Waals surface area contributed by atoms with E-state index in [2.05, 4.69) is 41.5 Å². The molecule has 0 aromatic rings. The SMILES string of the molecule is CC(C)C(CCOC1OC(C(O)COC2OC(C(O)CO)C(O)C2O)C(O)C1O)CCC(C)C1C(C)C(O)C2C1(C)CCC1C3(C)CCC(O)CC3C(O)CC12O. The van der Waals surface area contributed by atoms with E-state index >= 15 is 0 Å². The Balaban J connectivity index is 1.01. The summed E-state index contributed by atoms with van der Waals surface area (Å²) in [6.07, 6.45) is -9.63. The lowest BCUT2D eigenvalue weighted by atomic mass is 9.42. The first-order chi connectivity index (χ1) is 26.7. The van der Waals surface area contributed by atoms with E-state index in [1.54, 1.807) is 0 Å². The zero-order valence-corrected chi connectivity index (χ0v) is 34.7. The number of aliphatic hydroxyl groups is 11. The Bertz CT molecular complexity index is 1330. The highest BCUT2D eigenvalue weighted by Crippen LogP contribution is 2.70. The first kappa shape index (κ1) is 45.9. The molecule has 57 heavy (non-hydrogen) atoms. The molecule has 2 aliphatic heterocycles. The Kier molecular flexibility index (Phi) is 14.2. The minimum atomic E-state index is -1.56. The Morgan fingerprint density at radius 2 is 1.33 bits per heavy atom. The van der Waals surface area contributed by atoms with Crippen LogP contribution >= 0.6 is 0 Å². The van der Waals surface area contributed by atoms with Crippen LogP contribution in [0.5, 0.6) is 0 Å². The summed E-state index contributed by atoms with van der Waals surface area (Å²) in [5.41, 5.74) is -1.79. The maximum absolute atomic E-state index is 12.7. The van der Waals surface area contributed by atoms with Crippen molar-refractivity contribution in [1.82, 2.24) is 0 Å². The Labute approximate surface area is 337 Å². The molecule has 6 rings (SSSR count). The minimum absolute atomic E-state index is 0.0333. The van der Waals surface area contributed by atoms with Crippen LogP contribution in [0, 0.1) is 58.2 Å². The molecule has 4 aliphatic carbocycles. The van der Waals surface area contributed by atoms with Gasteiger partial charge in [-0.15, -0.1) is 0 Å². The molecule has 0 radical (unpaired) electrons. The fourth-order valence-corrected chi connectivity index (χ4v) is 13.5. The average Bonchev–Trinajstić information content (AvgIpc) is 3.68. The van der Waals surface area contributed by atoms with Crippen molar-refractivity contribution in [2.24, 2.45) is 58.2 Å². The largest absolute Gasteiger partial charge is 0.394 e. The van der Waals surface area contributed by atoms with Gasteiger partial charge in [0.1, 0.15) is 48.8 Å². The van der Waals surface area contributed by atoms with Gasteiger partial charge in [-0.1, -0.05) is 48.0 Å². The number of aliphatic hydroxyl groups excluding tert-OH is 10. The van der Waals surface area contributed by atoms with Gasteiger partial charge in [-0.2, -0.15) is 0 Å². The summed E-state index contributed by atoms with van der Waals surface area (Å²) < 4.78 is 22.4. The van der Waals surface area contributed by atoms with E-state index in [1.807, 2.05) is 0 Å². The van der Waals surface area contributed by atoms with Crippen molar-refractivity contribution in [3.05, 3.63) is 0 Å². The maximum Gasteiger partial charge on any atom is 0.186 e. The first-order valence-corrected chi connectivity index (χ1v) is 21.7. The average molecular weight is 819 g/mol. The topological polar surface area (TPSA) is 259 Å². The van der Waals surface area contributed by atoms with Crippen LogP contribution in [0.25, 0.3) is 0 Å². The summed E-state index contributed by atoms with van der Waals surface area (Å²) >= 11 is 0. The molecule has 332 valence electrons. The van der Waals surface area contributed by atoms with E-state index in [-0.39, 0.29) is 65.3 Å². The van der Waals surface area contributed by atoms with Gasteiger partial charge in [-0.25, -0.2) is 0 Å². The molecular weight excluding hydrogens is 744 g/mol. The number of fused-ring (bicyclic) bond motifs is 5. The highest BCUT2D eigenvalue weighted by atomic mass is 16.7. The zero-order chi connectivity index (χ0) is 41.9. The molecule has 6 aliphatic rings. The quantitative estimate of drug-likeness (QED) is 0.104. The molecule has 6 fully saturated rings. The van der Waals surface area contributed by atoms with Crippen molar-refractivity contribution in [3.63, 3.8) is 0 Å². The lowest BCUT2D eigenvalue weighted by Crippen LogP contribution is -2.68. The van der Waals surface area contributed by atoms with Crippen molar-refractivity contribution >= 4 is 0 Å². The number of ether oxygens (including phenoxy) is 4. The summed E-state index contributed by atoms with van der Waals surface area (Å²) in [6, 6.07) is 0. The van der Waals surface area contributed by atoms with Gasteiger partial charge in [0.25, 0.3) is 0 Å². The highest BCUT2D eigenvalue weighted by Gasteiger charge is 2.72. The second kappa shape index (κ2) is 17.6. The summed E-state index contributed by atoms with van der Waals surface area (Å²) in [4.78, 5) is 0. The van der Waals surface area contributed by atoms with Crippen LogP contribution in [0.4, 0.5) is 0 Å². The molecule has 2 saturated heterocycles. The van der Waals surface area contributed by atoms with Crippen molar-refractivity contribution in [2.45, 2.75) is 185 Å². The van der Waals surface area contributed by atoms with Crippen LogP contribution in [0.15, 0.2) is 0 Å². The maximum atomic E-state index is 12.7. The van der Waals surface area contributed by atoms with E-state index in [0.29, 0.717) is 25.2 Å². The van der Waals surface area contributed by atoms with Crippen LogP contribution in [0.2, 0.25) is 0 Å². The van der Waals surface area contributed by atoms with Crippen molar-refractivity contribution in [3.8, 4) is 0 Å². The van der Waals surface area contributed by atoms with Gasteiger partial charge in [0.2, 0.25) is 0 Å². The van der Waals surface area contributed by atoms with Crippen molar-refractivity contribution < 1.29 is 75.1 Å². The Morgan fingerprint density at radius 1 is 0.737 bits per heavy atom. The minimum Gasteiger partial charge on any atom is -0.394 e. The van der Waals surface area contributed by atoms with E-state index in [4.69, 9.17) is 24.1 Å². The van der Waals surface area contributed by atoms with Gasteiger partial charge in [0.15, 0.2) is 12.6 Å². The van der Waals surface area contributed by atoms with Gasteiger partial charge < -0.3 is 75.1 Å². The monoisotopic (exact) mass is 819 g/mol. The predicted molar refractivity (Wildman–Crippen MR) is 204 cm³/mol. The molecule has 2 heterocycles. The van der Waals surface area contributed by atoms with Gasteiger partial charge >= 0.3 is 0 Å². The van der Waals surface area contributed by atoms with E-state index in [1.165, 1.54) is 0 Å². The van der Waals surface area contributed by atoms with E-state index in [9.17, 15) is 51.1 Å². The van der Waals surface area contributed by atoms with Gasteiger partial charge in [-0.3, -0.25) is 0 Å². The van der Waals surface area contributed by atoms with Crippen LogP contribution in [0.3, 0.4) is 0 Å². The lowest BCUT2D eigenvalue weighted by molar-refractivity contribution is -0.263. The number of hydrogen-bond donors (Lipinski definition) is 11. The lowest BCUT2D eigenvalue weighted by Gasteiger charge is -2.66. The highest BCUT2D eigenvalue weighted by molar-refractivity contribution is 5.21. The Hall–Kier alpha value is -0.600. The first-order valence-electron chi connectivity index (χ1n) is 21.7. The summed E-state index contributed by atoms with van der Waals surface area (Å²) in [7, 11) is 0. The molecule has 23 unspecified atom stereocenters. The van der Waals surface area contributed by atoms with Gasteiger partial charge in [0.05, 0.1) is 43.7 Å². The molecule has 0 aromatic carbocycles. The molecule has 0 spiro atoms. The fourth-order valence-electron chi connectivity index (χ4n) is 13.5. The summed E-state index contributed by atoms with van der Waals surface area (Å²) in [5.74, 6) is 0.494. The molecule has 0 amide bonds. The molecule has 4 saturated carbocycles. The molecular formula is C42H74O15. The molecule has 23 atom stereocenters. The number of rotatable bonds is 15. The molecule has 0 bridgehead atoms. The Morgan fingerprint density at radius 3 is 1.95 bits per heavy atom. The van der Waals surface area contributed by atoms with Crippen LogP contribution in [-0.4, -0.2) is 161 Å². The van der Waals surface area contributed by atoms with Crippen LogP contribution in [0.1, 0.15) is 99.3 Å². The normalized spacial score (nSPS) is 50.6. The second-order valence-electron chi connectivity index (χ2n) is 20.0. The molecule has 15 nitrogen and oxygen atoms in total. The molecule has 11 N–H and O–H groups in total. The smallest absolute Gasteiger partial charge is 0.186 e. The molecule has 15 heteroatoms. The predicted octanol–water partition coefficient (Wildman–Crippen LogP) is 0.0280. The van der Waals surface area contributed by atoms with Gasteiger partial charge in [-0.05, 0) is 97.2 Å². The third-order valence-electron chi connectivity index (χ3n) is 16.4. The van der Waals surface area contributed by atoms with Crippen LogP contribution in [-0.2, 0) is 18.9 Å². The third kappa shape index (κ3) is 8.25. The van der Waals surface area contributed by atoms with Crippen molar-refractivity contribution in [1.29, 1.82) is 0 Å². The van der Waals surface area contributed by atoms with Gasteiger partial charge in [0, 0.05) is 12.3 Å². The molecule has 0 aromatic heterocycles. The third-order valence-corrected chi connectivity index (χ3v) is 16.4. The summed E-state index contributed by atoms with van der Waals surface area (Å²) in [6.45, 7) is 12.2. The van der Waals surface area contributed by atoms with Crippen LogP contribution < -0.4 is 0 Å².